The Labute approximate surface area is 169 Å². The van der Waals surface area contributed by atoms with Crippen LogP contribution < -0.4 is 20.3 Å². The minimum atomic E-state index is -0.718. The third-order valence-electron chi connectivity index (χ3n) is 4.30. The summed E-state index contributed by atoms with van der Waals surface area (Å²) in [5.41, 5.74) is 1.06. The number of hydrogen-bond donors (Lipinski definition) is 1. The molecule has 8 heteroatoms. The summed E-state index contributed by atoms with van der Waals surface area (Å²) < 4.78 is 13.6. The van der Waals surface area contributed by atoms with Crippen molar-refractivity contribution in [1.29, 1.82) is 0 Å². The first-order valence-electron chi connectivity index (χ1n) is 8.77. The molecule has 1 aliphatic heterocycles. The van der Waals surface area contributed by atoms with E-state index in [1.165, 1.54) is 10.9 Å². The Morgan fingerprint density at radius 2 is 1.96 bits per heavy atom. The molecule has 0 atom stereocenters. The lowest BCUT2D eigenvalue weighted by atomic mass is 10.2. The smallest absolute Gasteiger partial charge is 0.261 e. The molecular formula is C20H18BrN3O4. The van der Waals surface area contributed by atoms with Crippen LogP contribution in [0.15, 0.2) is 52.0 Å². The number of halogens is 1. The summed E-state index contributed by atoms with van der Waals surface area (Å²) in [4.78, 5) is 29.2. The van der Waals surface area contributed by atoms with Gasteiger partial charge in [0.2, 0.25) is 11.7 Å². The first-order valence-corrected chi connectivity index (χ1v) is 9.57. The number of fused-ring (bicyclic) bond motifs is 2. The fourth-order valence-electron chi connectivity index (χ4n) is 3.04. The van der Waals surface area contributed by atoms with Gasteiger partial charge in [-0.05, 0) is 30.3 Å². The van der Waals surface area contributed by atoms with Crippen molar-refractivity contribution in [2.24, 2.45) is 0 Å². The average Bonchev–Trinajstić information content (AvgIpc) is 2.94. The Hall–Kier alpha value is -2.87. The Morgan fingerprint density at radius 3 is 2.79 bits per heavy atom. The second-order valence-corrected chi connectivity index (χ2v) is 7.88. The van der Waals surface area contributed by atoms with E-state index in [0.29, 0.717) is 28.1 Å². The van der Waals surface area contributed by atoms with Gasteiger partial charge in [0, 0.05) is 43.0 Å². The van der Waals surface area contributed by atoms with Crippen molar-refractivity contribution >= 4 is 38.4 Å². The number of aromatic nitrogens is 2. The predicted molar refractivity (Wildman–Crippen MR) is 109 cm³/mol. The van der Waals surface area contributed by atoms with E-state index in [2.05, 4.69) is 26.2 Å². The quantitative estimate of drug-likeness (QED) is 0.664. The van der Waals surface area contributed by atoms with Crippen molar-refractivity contribution in [3.05, 3.63) is 57.6 Å². The van der Waals surface area contributed by atoms with Crippen molar-refractivity contribution in [2.75, 3.05) is 5.32 Å². The highest BCUT2D eigenvalue weighted by Crippen LogP contribution is 2.40. The molecule has 1 aromatic heterocycles. The predicted octanol–water partition coefficient (Wildman–Crippen LogP) is 3.70. The molecule has 0 bridgehead atoms. The molecule has 2 heterocycles. The topological polar surface area (TPSA) is 82.5 Å². The number of amides is 1. The third kappa shape index (κ3) is 3.73. The van der Waals surface area contributed by atoms with Crippen LogP contribution in [0.2, 0.25) is 0 Å². The highest BCUT2D eigenvalue weighted by molar-refractivity contribution is 9.10. The van der Waals surface area contributed by atoms with Gasteiger partial charge in [0.15, 0.2) is 11.5 Å². The zero-order chi connectivity index (χ0) is 19.9. The summed E-state index contributed by atoms with van der Waals surface area (Å²) >= 11 is 3.36. The maximum absolute atomic E-state index is 12.6. The first kappa shape index (κ1) is 18.5. The van der Waals surface area contributed by atoms with Crippen molar-refractivity contribution in [1.82, 2.24) is 9.55 Å². The summed E-state index contributed by atoms with van der Waals surface area (Å²) in [7, 11) is 0. The molecule has 144 valence electrons. The molecular weight excluding hydrogens is 426 g/mol. The highest BCUT2D eigenvalue weighted by atomic mass is 79.9. The molecule has 0 saturated carbocycles. The number of rotatable bonds is 4. The van der Waals surface area contributed by atoms with E-state index in [9.17, 15) is 9.59 Å². The number of benzene rings is 2. The Morgan fingerprint density at radius 1 is 1.18 bits per heavy atom. The van der Waals surface area contributed by atoms with Gasteiger partial charge >= 0.3 is 0 Å². The number of ether oxygens (including phenoxy) is 2. The summed E-state index contributed by atoms with van der Waals surface area (Å²) in [5.74, 6) is 0.301. The fourth-order valence-corrected chi connectivity index (χ4v) is 3.40. The molecule has 7 nitrogen and oxygen atoms in total. The number of hydrogen-bond acceptors (Lipinski definition) is 5. The van der Waals surface area contributed by atoms with E-state index in [1.807, 2.05) is 19.9 Å². The van der Waals surface area contributed by atoms with Gasteiger partial charge in [-0.25, -0.2) is 4.98 Å². The van der Waals surface area contributed by atoms with Crippen molar-refractivity contribution in [3.63, 3.8) is 0 Å². The second kappa shape index (κ2) is 6.94. The van der Waals surface area contributed by atoms with Gasteiger partial charge in [-0.1, -0.05) is 15.9 Å². The standard InChI is InChI=1S/C20H18BrN3O4/c1-20(2)27-16-6-4-13(10-17(16)28-20)23-18(25)7-8-24-11-22-15-5-3-12(21)9-14(15)19(24)26/h3-6,9-11H,7-8H2,1-2H3,(H,23,25). The number of carbonyl (C=O) groups excluding carboxylic acids is 1. The molecule has 0 spiro atoms. The molecule has 0 saturated heterocycles. The molecule has 0 unspecified atom stereocenters. The van der Waals surface area contributed by atoms with Crippen LogP contribution in [0.1, 0.15) is 20.3 Å². The van der Waals surface area contributed by atoms with Crippen LogP contribution in [0.25, 0.3) is 10.9 Å². The van der Waals surface area contributed by atoms with Gasteiger partial charge in [-0.15, -0.1) is 0 Å². The minimum Gasteiger partial charge on any atom is -0.449 e. The third-order valence-corrected chi connectivity index (χ3v) is 4.80. The van der Waals surface area contributed by atoms with E-state index in [-0.39, 0.29) is 24.4 Å². The monoisotopic (exact) mass is 443 g/mol. The lowest BCUT2D eigenvalue weighted by molar-refractivity contribution is -0.116. The van der Waals surface area contributed by atoms with Crippen molar-refractivity contribution < 1.29 is 14.3 Å². The molecule has 4 rings (SSSR count). The number of carbonyl (C=O) groups is 1. The van der Waals surface area contributed by atoms with Gasteiger partial charge in [-0.3, -0.25) is 14.2 Å². The van der Waals surface area contributed by atoms with Crippen LogP contribution in [0.5, 0.6) is 11.5 Å². The fraction of sp³-hybridized carbons (Fsp3) is 0.250. The Balaban J connectivity index is 1.44. The minimum absolute atomic E-state index is 0.140. The zero-order valence-corrected chi connectivity index (χ0v) is 16.9. The zero-order valence-electron chi connectivity index (χ0n) is 15.4. The van der Waals surface area contributed by atoms with Gasteiger partial charge in [0.05, 0.1) is 17.2 Å². The molecule has 0 fully saturated rings. The van der Waals surface area contributed by atoms with Crippen LogP contribution >= 0.6 is 15.9 Å². The molecule has 1 amide bonds. The van der Waals surface area contributed by atoms with Crippen LogP contribution in [-0.4, -0.2) is 21.2 Å². The molecule has 3 aromatic rings. The Bertz CT molecular complexity index is 1140. The SMILES string of the molecule is CC1(C)Oc2ccc(NC(=O)CCn3cnc4ccc(Br)cc4c3=O)cc2O1. The number of anilines is 1. The van der Waals surface area contributed by atoms with Crippen molar-refractivity contribution in [3.8, 4) is 11.5 Å². The van der Waals surface area contributed by atoms with Crippen LogP contribution in [0, 0.1) is 0 Å². The second-order valence-electron chi connectivity index (χ2n) is 6.97. The van der Waals surface area contributed by atoms with E-state index < -0.39 is 5.79 Å². The maximum Gasteiger partial charge on any atom is 0.261 e. The van der Waals surface area contributed by atoms with Gasteiger partial charge in [0.25, 0.3) is 5.56 Å². The lowest BCUT2D eigenvalue weighted by Crippen LogP contribution is -2.29. The molecule has 1 N–H and O–H groups in total. The maximum atomic E-state index is 12.6. The summed E-state index contributed by atoms with van der Waals surface area (Å²) in [6.07, 6.45) is 1.61. The Kier molecular flexibility index (Phi) is 4.58. The number of nitrogens with one attached hydrogen (secondary N) is 1. The summed E-state index contributed by atoms with van der Waals surface area (Å²) in [6, 6.07) is 10.6. The van der Waals surface area contributed by atoms with Gasteiger partial charge in [-0.2, -0.15) is 0 Å². The van der Waals surface area contributed by atoms with Gasteiger partial charge < -0.3 is 14.8 Å². The normalized spacial score (nSPS) is 14.2. The van der Waals surface area contributed by atoms with Gasteiger partial charge in [0.1, 0.15) is 0 Å². The lowest BCUT2D eigenvalue weighted by Gasteiger charge is -2.16. The largest absolute Gasteiger partial charge is 0.449 e. The van der Waals surface area contributed by atoms with Crippen LogP contribution in [0.4, 0.5) is 5.69 Å². The van der Waals surface area contributed by atoms with E-state index in [0.717, 1.165) is 4.47 Å². The highest BCUT2D eigenvalue weighted by Gasteiger charge is 2.31. The molecule has 28 heavy (non-hydrogen) atoms. The summed E-state index contributed by atoms with van der Waals surface area (Å²) in [6.45, 7) is 3.87. The van der Waals surface area contributed by atoms with Crippen LogP contribution in [-0.2, 0) is 11.3 Å². The average molecular weight is 444 g/mol. The van der Waals surface area contributed by atoms with Crippen molar-refractivity contribution in [2.45, 2.75) is 32.6 Å². The van der Waals surface area contributed by atoms with Crippen LogP contribution in [0.3, 0.4) is 0 Å². The summed E-state index contributed by atoms with van der Waals surface area (Å²) in [5, 5.41) is 3.33. The van der Waals surface area contributed by atoms with E-state index >= 15 is 0 Å². The molecule has 1 aliphatic rings. The number of aryl methyl sites for hydroxylation is 1. The van der Waals surface area contributed by atoms with E-state index in [4.69, 9.17) is 9.47 Å². The molecule has 0 radical (unpaired) electrons. The number of nitrogens with zero attached hydrogens (tertiary/aromatic N) is 2. The van der Waals surface area contributed by atoms with E-state index in [1.54, 1.807) is 30.3 Å². The molecule has 2 aromatic carbocycles. The molecule has 0 aliphatic carbocycles. The first-order chi connectivity index (χ1) is 13.3.